The molecule has 14 heteroatoms. The number of alkyl halides is 6. The van der Waals surface area contributed by atoms with Crippen LogP contribution >= 0.6 is 11.8 Å². The molecule has 4 rings (SSSR count). The van der Waals surface area contributed by atoms with Crippen molar-refractivity contribution in [1.29, 1.82) is 0 Å². The minimum atomic E-state index is -5.36. The summed E-state index contributed by atoms with van der Waals surface area (Å²) < 4.78 is 90.4. The maximum atomic E-state index is 14.3. The van der Waals surface area contributed by atoms with E-state index in [9.17, 15) is 41.0 Å². The Balaban J connectivity index is 1.55. The van der Waals surface area contributed by atoms with E-state index in [-0.39, 0.29) is 31.6 Å². The molecule has 0 bridgehead atoms. The predicted octanol–water partition coefficient (Wildman–Crippen LogP) is 5.92. The van der Waals surface area contributed by atoms with Crippen LogP contribution in [0.25, 0.3) is 6.08 Å². The van der Waals surface area contributed by atoms with Gasteiger partial charge in [0.05, 0.1) is 17.2 Å². The van der Waals surface area contributed by atoms with Crippen molar-refractivity contribution in [2.45, 2.75) is 60.0 Å². The molecule has 0 unspecified atom stereocenters. The van der Waals surface area contributed by atoms with Crippen molar-refractivity contribution in [3.63, 3.8) is 0 Å². The molecular formula is C30H33F6N3O4S. The molecule has 2 aliphatic rings. The number of carbonyl (C=O) groups excluding carboxylic acids is 2. The Morgan fingerprint density at radius 3 is 2.20 bits per heavy atom. The average Bonchev–Trinajstić information content (AvgIpc) is 2.96. The summed E-state index contributed by atoms with van der Waals surface area (Å²) in [6, 6.07) is 8.31. The SMILES string of the molecule is COCC(=O)N1CCC(Nc2cccc(Sc3ccc(C=CC(=O)N4CCC(O)CC4)c(C(F)(F)F)c3C(F)(F)F)c2)CC1. The van der Waals surface area contributed by atoms with Crippen LogP contribution in [0, 0.1) is 0 Å². The van der Waals surface area contributed by atoms with Gasteiger partial charge in [0.1, 0.15) is 6.61 Å². The molecule has 44 heavy (non-hydrogen) atoms. The lowest BCUT2D eigenvalue weighted by Gasteiger charge is -2.32. The highest BCUT2D eigenvalue weighted by Crippen LogP contribution is 2.48. The summed E-state index contributed by atoms with van der Waals surface area (Å²) in [5, 5.41) is 12.9. The fourth-order valence-electron chi connectivity index (χ4n) is 5.26. The van der Waals surface area contributed by atoms with Gasteiger partial charge in [-0.2, -0.15) is 26.3 Å². The first-order valence-corrected chi connectivity index (χ1v) is 14.9. The average molecular weight is 646 g/mol. The predicted molar refractivity (Wildman–Crippen MR) is 153 cm³/mol. The Kier molecular flexibility index (Phi) is 10.9. The molecular weight excluding hydrogens is 612 g/mol. The van der Waals surface area contributed by atoms with Crippen LogP contribution in [0.3, 0.4) is 0 Å². The van der Waals surface area contributed by atoms with E-state index in [0.29, 0.717) is 61.1 Å². The van der Waals surface area contributed by atoms with Gasteiger partial charge in [0.15, 0.2) is 0 Å². The Labute approximate surface area is 255 Å². The van der Waals surface area contributed by atoms with Gasteiger partial charge in [-0.25, -0.2) is 0 Å². The number of amides is 2. The third kappa shape index (κ3) is 8.69. The highest BCUT2D eigenvalue weighted by molar-refractivity contribution is 7.99. The zero-order valence-corrected chi connectivity index (χ0v) is 24.7. The monoisotopic (exact) mass is 645 g/mol. The minimum Gasteiger partial charge on any atom is -0.393 e. The second-order valence-corrected chi connectivity index (χ2v) is 11.8. The number of aliphatic hydroxyl groups is 1. The van der Waals surface area contributed by atoms with E-state index in [1.54, 1.807) is 23.1 Å². The van der Waals surface area contributed by atoms with Gasteiger partial charge in [0.25, 0.3) is 0 Å². The first-order chi connectivity index (χ1) is 20.8. The molecule has 0 aromatic heterocycles. The number of hydrogen-bond acceptors (Lipinski definition) is 6. The summed E-state index contributed by atoms with van der Waals surface area (Å²) >= 11 is 0.564. The van der Waals surface area contributed by atoms with Crippen LogP contribution in [0.5, 0.6) is 0 Å². The molecule has 0 radical (unpaired) electrons. The molecule has 2 fully saturated rings. The molecule has 2 heterocycles. The highest BCUT2D eigenvalue weighted by atomic mass is 32.2. The minimum absolute atomic E-state index is 0.00630. The Hall–Kier alpha value is -3.23. The van der Waals surface area contributed by atoms with E-state index in [0.717, 1.165) is 24.3 Å². The number of nitrogens with one attached hydrogen (secondary N) is 1. The lowest BCUT2D eigenvalue weighted by molar-refractivity contribution is -0.163. The van der Waals surface area contributed by atoms with Crippen molar-refractivity contribution < 1.29 is 45.8 Å². The second-order valence-electron chi connectivity index (χ2n) is 10.7. The summed E-state index contributed by atoms with van der Waals surface area (Å²) in [5.74, 6) is -0.757. The fraction of sp³-hybridized carbons (Fsp3) is 0.467. The van der Waals surface area contributed by atoms with Crippen molar-refractivity contribution >= 4 is 35.3 Å². The molecule has 0 atom stereocenters. The molecule has 240 valence electrons. The van der Waals surface area contributed by atoms with Gasteiger partial charge in [-0.05, 0) is 61.6 Å². The van der Waals surface area contributed by atoms with Crippen molar-refractivity contribution in [3.8, 4) is 0 Å². The molecule has 2 aromatic rings. The first-order valence-electron chi connectivity index (χ1n) is 14.0. The molecule has 0 aliphatic carbocycles. The summed E-state index contributed by atoms with van der Waals surface area (Å²) in [4.78, 5) is 27.2. The number of anilines is 1. The molecule has 2 amide bonds. The van der Waals surface area contributed by atoms with Gasteiger partial charge in [-0.3, -0.25) is 9.59 Å². The number of hydrogen-bond donors (Lipinski definition) is 2. The maximum Gasteiger partial charge on any atom is 0.418 e. The van der Waals surface area contributed by atoms with E-state index in [4.69, 9.17) is 4.74 Å². The molecule has 2 saturated heterocycles. The van der Waals surface area contributed by atoms with Crippen molar-refractivity contribution in [2.75, 3.05) is 45.2 Å². The zero-order valence-electron chi connectivity index (χ0n) is 23.9. The first kappa shape index (κ1) is 33.7. The van der Waals surface area contributed by atoms with E-state index >= 15 is 0 Å². The Bertz CT molecular complexity index is 1350. The smallest absolute Gasteiger partial charge is 0.393 e. The summed E-state index contributed by atoms with van der Waals surface area (Å²) in [7, 11) is 1.44. The summed E-state index contributed by atoms with van der Waals surface area (Å²) in [6.07, 6.45) is -7.79. The van der Waals surface area contributed by atoms with E-state index in [2.05, 4.69) is 5.32 Å². The molecule has 2 N–H and O–H groups in total. The Morgan fingerprint density at radius 2 is 1.59 bits per heavy atom. The largest absolute Gasteiger partial charge is 0.418 e. The number of ether oxygens (including phenoxy) is 1. The van der Waals surface area contributed by atoms with Crippen molar-refractivity contribution in [1.82, 2.24) is 9.80 Å². The molecule has 7 nitrogen and oxygen atoms in total. The van der Waals surface area contributed by atoms with Crippen LogP contribution in [-0.2, 0) is 26.7 Å². The number of benzene rings is 2. The normalized spacial score (nSPS) is 17.4. The van der Waals surface area contributed by atoms with Gasteiger partial charge >= 0.3 is 12.4 Å². The quantitative estimate of drug-likeness (QED) is 0.274. The van der Waals surface area contributed by atoms with Crippen LogP contribution in [0.15, 0.2) is 52.3 Å². The van der Waals surface area contributed by atoms with Crippen LogP contribution < -0.4 is 5.32 Å². The number of halogens is 6. The third-order valence-corrected chi connectivity index (χ3v) is 8.55. The van der Waals surface area contributed by atoms with Gasteiger partial charge < -0.3 is 25.0 Å². The number of rotatable bonds is 8. The van der Waals surface area contributed by atoms with Crippen LogP contribution in [-0.4, -0.2) is 78.8 Å². The number of nitrogens with zero attached hydrogens (tertiary/aromatic N) is 2. The van der Waals surface area contributed by atoms with Crippen LogP contribution in [0.4, 0.5) is 32.0 Å². The number of piperidine rings is 2. The second kappa shape index (κ2) is 14.2. The van der Waals surface area contributed by atoms with Gasteiger partial charge in [-0.1, -0.05) is 23.9 Å². The van der Waals surface area contributed by atoms with Crippen molar-refractivity contribution in [3.05, 3.63) is 59.2 Å². The molecule has 2 aromatic carbocycles. The highest BCUT2D eigenvalue weighted by Gasteiger charge is 2.46. The summed E-state index contributed by atoms with van der Waals surface area (Å²) in [5.41, 5.74) is -3.87. The third-order valence-electron chi connectivity index (χ3n) is 7.50. The zero-order chi connectivity index (χ0) is 32.1. The number of carbonyl (C=O) groups is 2. The Morgan fingerprint density at radius 1 is 0.955 bits per heavy atom. The van der Waals surface area contributed by atoms with Crippen LogP contribution in [0.2, 0.25) is 0 Å². The lowest BCUT2D eigenvalue weighted by Crippen LogP contribution is -2.43. The standard InChI is InChI=1S/C30H33F6N3O4S/c1-43-18-26(42)39-13-9-20(10-14-39)37-21-3-2-4-23(17-21)44-24-7-5-19(27(29(31,32)33)28(24)30(34,35)36)6-8-25(41)38-15-11-22(40)12-16-38/h2-8,17,20,22,37,40H,9-16,18H2,1H3. The van der Waals surface area contributed by atoms with Gasteiger partial charge in [0.2, 0.25) is 11.8 Å². The lowest BCUT2D eigenvalue weighted by atomic mass is 9.99. The maximum absolute atomic E-state index is 14.3. The van der Waals surface area contributed by atoms with E-state index in [1.807, 2.05) is 0 Å². The van der Waals surface area contributed by atoms with E-state index in [1.165, 1.54) is 18.1 Å². The number of methoxy groups -OCH3 is 1. The summed E-state index contributed by atoms with van der Waals surface area (Å²) in [6.45, 7) is 1.41. The van der Waals surface area contributed by atoms with E-state index < -0.39 is 45.9 Å². The topological polar surface area (TPSA) is 82.1 Å². The number of likely N-dealkylation sites (tertiary alicyclic amines) is 2. The molecule has 0 spiro atoms. The molecule has 2 aliphatic heterocycles. The number of aliphatic hydroxyl groups excluding tert-OH is 1. The van der Waals surface area contributed by atoms with Gasteiger partial charge in [-0.15, -0.1) is 0 Å². The van der Waals surface area contributed by atoms with Crippen LogP contribution in [0.1, 0.15) is 42.4 Å². The van der Waals surface area contributed by atoms with Crippen molar-refractivity contribution in [2.24, 2.45) is 0 Å². The fourth-order valence-corrected chi connectivity index (χ4v) is 6.31. The van der Waals surface area contributed by atoms with Gasteiger partial charge in [0, 0.05) is 60.9 Å². The molecule has 0 saturated carbocycles.